The van der Waals surface area contributed by atoms with Crippen molar-refractivity contribution in [1.82, 2.24) is 9.47 Å². The fourth-order valence-corrected chi connectivity index (χ4v) is 2.91. The molecule has 2 rings (SSSR count). The number of carbonyl (C=O) groups excluding carboxylic acids is 2. The number of aliphatic carboxylic acids is 1. The number of carboxylic acid groups (broad SMARTS) is 1. The number of piperidine rings is 1. The summed E-state index contributed by atoms with van der Waals surface area (Å²) >= 11 is 0. The number of carbonyl (C=O) groups is 3. The van der Waals surface area contributed by atoms with Crippen LogP contribution in [0.5, 0.6) is 0 Å². The lowest BCUT2D eigenvalue weighted by Crippen LogP contribution is -2.52. The van der Waals surface area contributed by atoms with E-state index in [4.69, 9.17) is 0 Å². The van der Waals surface area contributed by atoms with E-state index in [2.05, 4.69) is 0 Å². The summed E-state index contributed by atoms with van der Waals surface area (Å²) in [5, 5.41) is 9.38. The Morgan fingerprint density at radius 1 is 1.33 bits per heavy atom. The van der Waals surface area contributed by atoms with Gasteiger partial charge in [-0.25, -0.2) is 4.79 Å². The van der Waals surface area contributed by atoms with Crippen molar-refractivity contribution in [3.05, 3.63) is 23.5 Å². The molecule has 114 valence electrons. The highest BCUT2D eigenvalue weighted by atomic mass is 16.4. The van der Waals surface area contributed by atoms with Gasteiger partial charge in [0.15, 0.2) is 5.78 Å². The third-order valence-electron chi connectivity index (χ3n) is 4.08. The number of ketones is 1. The Kier molecular flexibility index (Phi) is 4.16. The number of hydrogen-bond donors (Lipinski definition) is 1. The van der Waals surface area contributed by atoms with Crippen LogP contribution in [-0.4, -0.2) is 44.8 Å². The Morgan fingerprint density at radius 3 is 2.52 bits per heavy atom. The average Bonchev–Trinajstić information content (AvgIpc) is 2.79. The Balaban J connectivity index is 2.33. The number of aromatic nitrogens is 1. The minimum absolute atomic E-state index is 0.0762. The van der Waals surface area contributed by atoms with E-state index in [1.54, 1.807) is 17.8 Å². The Morgan fingerprint density at radius 2 is 2.00 bits per heavy atom. The molecule has 2 atom stereocenters. The molecule has 1 aliphatic rings. The maximum Gasteiger partial charge on any atom is 0.326 e. The van der Waals surface area contributed by atoms with Crippen LogP contribution in [0.15, 0.2) is 12.3 Å². The molecule has 1 aromatic heterocycles. The van der Waals surface area contributed by atoms with Gasteiger partial charge in [0.2, 0.25) is 0 Å². The fraction of sp³-hybridized carbons (Fsp3) is 0.533. The predicted octanol–water partition coefficient (Wildman–Crippen LogP) is 1.55. The highest BCUT2D eigenvalue weighted by molar-refractivity contribution is 6.00. The zero-order chi connectivity index (χ0) is 15.7. The molecule has 1 N–H and O–H groups in total. The number of rotatable bonds is 3. The van der Waals surface area contributed by atoms with Gasteiger partial charge in [-0.1, -0.05) is 6.92 Å². The zero-order valence-corrected chi connectivity index (χ0v) is 12.5. The first-order valence-corrected chi connectivity index (χ1v) is 7.04. The van der Waals surface area contributed by atoms with Crippen LogP contribution in [0.4, 0.5) is 0 Å². The molecule has 21 heavy (non-hydrogen) atoms. The lowest BCUT2D eigenvalue weighted by atomic mass is 9.90. The van der Waals surface area contributed by atoms with Gasteiger partial charge in [-0.05, 0) is 31.7 Å². The van der Waals surface area contributed by atoms with Crippen molar-refractivity contribution in [2.45, 2.75) is 32.7 Å². The molecule has 1 saturated heterocycles. The van der Waals surface area contributed by atoms with Crippen LogP contribution in [0.25, 0.3) is 0 Å². The average molecular weight is 292 g/mol. The molecule has 1 amide bonds. The van der Waals surface area contributed by atoms with Crippen LogP contribution < -0.4 is 0 Å². The molecule has 0 aromatic carbocycles. The molecule has 1 fully saturated rings. The van der Waals surface area contributed by atoms with Gasteiger partial charge < -0.3 is 14.6 Å². The molecule has 0 bridgehead atoms. The number of hydrogen-bond acceptors (Lipinski definition) is 3. The van der Waals surface area contributed by atoms with E-state index in [-0.39, 0.29) is 17.6 Å². The molecule has 0 spiro atoms. The monoisotopic (exact) mass is 292 g/mol. The summed E-state index contributed by atoms with van der Waals surface area (Å²) in [4.78, 5) is 36.9. The molecule has 0 radical (unpaired) electrons. The number of likely N-dealkylation sites (tertiary alicyclic amines) is 1. The van der Waals surface area contributed by atoms with Crippen molar-refractivity contribution < 1.29 is 19.5 Å². The van der Waals surface area contributed by atoms with Crippen LogP contribution in [0.1, 0.15) is 47.5 Å². The van der Waals surface area contributed by atoms with E-state index in [0.29, 0.717) is 17.8 Å². The van der Waals surface area contributed by atoms with Gasteiger partial charge in [0.05, 0.1) is 0 Å². The highest BCUT2D eigenvalue weighted by Gasteiger charge is 2.38. The summed E-state index contributed by atoms with van der Waals surface area (Å²) in [5.74, 6) is -1.50. The molecule has 2 unspecified atom stereocenters. The van der Waals surface area contributed by atoms with Gasteiger partial charge in [0.25, 0.3) is 5.91 Å². The Labute approximate surface area is 123 Å². The number of carboxylic acids is 1. The number of aryl methyl sites for hydroxylation is 1. The van der Waals surface area contributed by atoms with Crippen molar-refractivity contribution in [2.75, 3.05) is 6.54 Å². The maximum atomic E-state index is 12.6. The molecule has 0 aliphatic carbocycles. The highest BCUT2D eigenvalue weighted by Crippen LogP contribution is 2.25. The summed E-state index contributed by atoms with van der Waals surface area (Å²) in [7, 11) is 1.68. The first-order valence-electron chi connectivity index (χ1n) is 7.04. The number of amides is 1. The Bertz CT molecular complexity index is 590. The quantitative estimate of drug-likeness (QED) is 0.857. The third kappa shape index (κ3) is 2.84. The van der Waals surface area contributed by atoms with E-state index < -0.39 is 12.0 Å². The second kappa shape index (κ2) is 5.71. The minimum Gasteiger partial charge on any atom is -0.480 e. The van der Waals surface area contributed by atoms with Crippen molar-refractivity contribution >= 4 is 17.7 Å². The molecule has 1 aromatic rings. The second-order valence-electron chi connectivity index (χ2n) is 5.68. The van der Waals surface area contributed by atoms with Gasteiger partial charge in [0, 0.05) is 25.4 Å². The zero-order valence-electron chi connectivity index (χ0n) is 12.5. The van der Waals surface area contributed by atoms with Crippen molar-refractivity contribution in [3.63, 3.8) is 0 Å². The van der Waals surface area contributed by atoms with Crippen LogP contribution in [0.2, 0.25) is 0 Å². The van der Waals surface area contributed by atoms with E-state index in [0.717, 1.165) is 12.8 Å². The SMILES string of the molecule is CC(=O)c1cc(C(=O)N2CCCC(C)C2C(=O)O)n(C)c1. The summed E-state index contributed by atoms with van der Waals surface area (Å²) < 4.78 is 1.58. The maximum absolute atomic E-state index is 12.6. The Hall–Kier alpha value is -2.11. The van der Waals surface area contributed by atoms with E-state index in [9.17, 15) is 19.5 Å². The predicted molar refractivity (Wildman–Crippen MR) is 76.3 cm³/mol. The van der Waals surface area contributed by atoms with Crippen LogP contribution in [0, 0.1) is 5.92 Å². The molecular weight excluding hydrogens is 272 g/mol. The summed E-state index contributed by atoms with van der Waals surface area (Å²) in [5.41, 5.74) is 0.804. The second-order valence-corrected chi connectivity index (χ2v) is 5.68. The van der Waals surface area contributed by atoms with E-state index >= 15 is 0 Å². The largest absolute Gasteiger partial charge is 0.480 e. The lowest BCUT2D eigenvalue weighted by Gasteiger charge is -2.37. The normalized spacial score (nSPS) is 22.1. The van der Waals surface area contributed by atoms with Crippen LogP contribution in [-0.2, 0) is 11.8 Å². The van der Waals surface area contributed by atoms with Gasteiger partial charge in [-0.15, -0.1) is 0 Å². The topological polar surface area (TPSA) is 79.6 Å². The fourth-order valence-electron chi connectivity index (χ4n) is 2.91. The summed E-state index contributed by atoms with van der Waals surface area (Å²) in [6.07, 6.45) is 3.19. The van der Waals surface area contributed by atoms with E-state index in [1.807, 2.05) is 6.92 Å². The van der Waals surface area contributed by atoms with Crippen LogP contribution in [0.3, 0.4) is 0 Å². The number of Topliss-reactive ketones (excluding diaryl/α,β-unsaturated/α-hetero) is 1. The summed E-state index contributed by atoms with van der Waals surface area (Å²) in [6.45, 7) is 3.72. The molecule has 0 saturated carbocycles. The van der Waals surface area contributed by atoms with Gasteiger partial charge in [-0.2, -0.15) is 0 Å². The molecule has 1 aliphatic heterocycles. The molecule has 2 heterocycles. The van der Waals surface area contributed by atoms with Crippen molar-refractivity contribution in [3.8, 4) is 0 Å². The number of nitrogens with zero attached hydrogens (tertiary/aromatic N) is 2. The molecule has 6 nitrogen and oxygen atoms in total. The first kappa shape index (κ1) is 15.3. The standard InChI is InChI=1S/C15H20N2O4/c1-9-5-4-6-17(13(9)15(20)21)14(19)12-7-11(10(2)18)8-16(12)3/h7-9,13H,4-6H2,1-3H3,(H,20,21). The smallest absolute Gasteiger partial charge is 0.326 e. The van der Waals surface area contributed by atoms with Crippen LogP contribution >= 0.6 is 0 Å². The molecular formula is C15H20N2O4. The lowest BCUT2D eigenvalue weighted by molar-refractivity contribution is -0.145. The first-order chi connectivity index (χ1) is 9.82. The third-order valence-corrected chi connectivity index (χ3v) is 4.08. The van der Waals surface area contributed by atoms with Crippen molar-refractivity contribution in [1.29, 1.82) is 0 Å². The summed E-state index contributed by atoms with van der Waals surface area (Å²) in [6, 6.07) is 0.727. The van der Waals surface area contributed by atoms with Gasteiger partial charge in [0.1, 0.15) is 11.7 Å². The van der Waals surface area contributed by atoms with E-state index in [1.165, 1.54) is 17.9 Å². The van der Waals surface area contributed by atoms with Gasteiger partial charge >= 0.3 is 5.97 Å². The molecule has 6 heteroatoms. The van der Waals surface area contributed by atoms with Gasteiger partial charge in [-0.3, -0.25) is 9.59 Å². The minimum atomic E-state index is -0.975. The van der Waals surface area contributed by atoms with Crippen molar-refractivity contribution in [2.24, 2.45) is 13.0 Å².